The fourth-order valence-corrected chi connectivity index (χ4v) is 0.832. The Labute approximate surface area is 103 Å². The molecular formula is C7H2F5LiN4. The van der Waals surface area contributed by atoms with E-state index in [9.17, 15) is 22.0 Å². The first-order valence-electron chi connectivity index (χ1n) is 3.58. The molecule has 0 aliphatic carbocycles. The molecule has 4 nitrogen and oxygen atoms in total. The van der Waals surface area contributed by atoms with E-state index in [1.54, 1.807) is 0 Å². The first-order valence-corrected chi connectivity index (χ1v) is 3.58. The SMILES string of the molecule is N#Cc1nc(C(F)(F)C(F)(F)F)cn1C#N.[LiH]. The second kappa shape index (κ2) is 4.75. The Balaban J connectivity index is 0.00000256. The zero-order valence-corrected chi connectivity index (χ0v) is 7.26. The monoisotopic (exact) mass is 244 g/mol. The van der Waals surface area contributed by atoms with Gasteiger partial charge < -0.3 is 0 Å². The third-order valence-electron chi connectivity index (χ3n) is 1.59. The van der Waals surface area contributed by atoms with Gasteiger partial charge in [0.1, 0.15) is 11.8 Å². The number of hydrogen-bond acceptors (Lipinski definition) is 3. The van der Waals surface area contributed by atoms with Crippen LogP contribution in [0.15, 0.2) is 6.20 Å². The molecule has 0 spiro atoms. The standard InChI is InChI=1S/C7HF5N4.Li.H/c8-6(9,7(10,11)12)4-2-16(3-14)5(1-13)15-4;;/h2H;;. The fraction of sp³-hybridized carbons (Fsp3) is 0.286. The van der Waals surface area contributed by atoms with Gasteiger partial charge in [0, 0.05) is 0 Å². The van der Waals surface area contributed by atoms with Crippen molar-refractivity contribution in [1.82, 2.24) is 9.55 Å². The van der Waals surface area contributed by atoms with Gasteiger partial charge in [-0.25, -0.2) is 9.55 Å². The number of imidazole rings is 1. The number of alkyl halides is 5. The molecule has 0 bridgehead atoms. The summed E-state index contributed by atoms with van der Waals surface area (Å²) >= 11 is 0. The predicted molar refractivity (Wildman–Crippen MR) is 45.1 cm³/mol. The van der Waals surface area contributed by atoms with Crippen LogP contribution in [-0.4, -0.2) is 34.6 Å². The normalized spacial score (nSPS) is 11.2. The van der Waals surface area contributed by atoms with Crippen molar-refractivity contribution in [1.29, 1.82) is 10.5 Å². The van der Waals surface area contributed by atoms with Gasteiger partial charge >= 0.3 is 31.0 Å². The molecule has 0 N–H and O–H groups in total. The summed E-state index contributed by atoms with van der Waals surface area (Å²) in [4.78, 5) is 2.75. The second-order valence-corrected chi connectivity index (χ2v) is 2.60. The number of nitrogens with zero attached hydrogens (tertiary/aromatic N) is 4. The Kier molecular flexibility index (Phi) is 4.31. The average Bonchev–Trinajstić information content (AvgIpc) is 2.59. The second-order valence-electron chi connectivity index (χ2n) is 2.60. The molecule has 0 saturated carbocycles. The zero-order chi connectivity index (χ0) is 12.6. The van der Waals surface area contributed by atoms with Crippen LogP contribution in [0.5, 0.6) is 0 Å². The van der Waals surface area contributed by atoms with E-state index in [0.29, 0.717) is 0 Å². The van der Waals surface area contributed by atoms with Crippen LogP contribution in [0.2, 0.25) is 0 Å². The van der Waals surface area contributed by atoms with Crippen molar-refractivity contribution < 1.29 is 22.0 Å². The molecule has 0 atom stereocenters. The van der Waals surface area contributed by atoms with Crippen molar-refractivity contribution in [3.63, 3.8) is 0 Å². The number of nitriles is 2. The molecule has 17 heavy (non-hydrogen) atoms. The molecular weight excluding hydrogens is 242 g/mol. The van der Waals surface area contributed by atoms with Crippen molar-refractivity contribution in [2.75, 3.05) is 0 Å². The average molecular weight is 244 g/mol. The fourth-order valence-electron chi connectivity index (χ4n) is 0.832. The summed E-state index contributed by atoms with van der Waals surface area (Å²) in [5.74, 6) is -6.03. The van der Waals surface area contributed by atoms with Gasteiger partial charge in [-0.1, -0.05) is 0 Å². The Hall–Kier alpha value is -1.56. The van der Waals surface area contributed by atoms with Crippen LogP contribution in [0.1, 0.15) is 11.5 Å². The van der Waals surface area contributed by atoms with E-state index in [1.165, 1.54) is 12.3 Å². The van der Waals surface area contributed by atoms with Crippen molar-refractivity contribution in [2.45, 2.75) is 12.1 Å². The molecule has 0 aliphatic heterocycles. The molecule has 0 radical (unpaired) electrons. The van der Waals surface area contributed by atoms with Crippen LogP contribution in [0.4, 0.5) is 22.0 Å². The summed E-state index contributed by atoms with van der Waals surface area (Å²) in [6.07, 6.45) is -4.43. The number of aromatic nitrogens is 2. The first kappa shape index (κ1) is 15.4. The van der Waals surface area contributed by atoms with Gasteiger partial charge in [0.2, 0.25) is 5.82 Å². The summed E-state index contributed by atoms with van der Waals surface area (Å²) in [5, 5.41) is 16.6. The summed E-state index contributed by atoms with van der Waals surface area (Å²) < 4.78 is 61.4. The van der Waals surface area contributed by atoms with Gasteiger partial charge in [-0.15, -0.1) is 0 Å². The van der Waals surface area contributed by atoms with E-state index in [-0.39, 0.29) is 29.6 Å². The molecule has 1 rings (SSSR count). The topological polar surface area (TPSA) is 65.4 Å². The Bertz CT molecular complexity index is 460. The third kappa shape index (κ3) is 2.58. The van der Waals surface area contributed by atoms with E-state index in [4.69, 9.17) is 10.5 Å². The molecule has 0 aromatic carbocycles. The van der Waals surface area contributed by atoms with Gasteiger partial charge in [0.05, 0.1) is 6.20 Å². The van der Waals surface area contributed by atoms with E-state index in [0.717, 1.165) is 0 Å². The van der Waals surface area contributed by atoms with Crippen LogP contribution in [-0.2, 0) is 5.92 Å². The van der Waals surface area contributed by atoms with Crippen LogP contribution < -0.4 is 0 Å². The summed E-state index contributed by atoms with van der Waals surface area (Å²) in [6, 6.07) is 1.22. The van der Waals surface area contributed by atoms with E-state index in [1.807, 2.05) is 0 Å². The van der Waals surface area contributed by atoms with Crippen molar-refractivity contribution in [3.8, 4) is 12.3 Å². The van der Waals surface area contributed by atoms with E-state index >= 15 is 0 Å². The van der Waals surface area contributed by atoms with Gasteiger partial charge in [0.25, 0.3) is 0 Å². The van der Waals surface area contributed by atoms with Crippen LogP contribution in [0.3, 0.4) is 0 Å². The minimum atomic E-state index is -5.83. The zero-order valence-electron chi connectivity index (χ0n) is 7.26. The van der Waals surface area contributed by atoms with Gasteiger partial charge in [-0.2, -0.15) is 32.5 Å². The van der Waals surface area contributed by atoms with Crippen LogP contribution in [0, 0.1) is 22.8 Å². The molecule has 0 aliphatic rings. The van der Waals surface area contributed by atoms with Gasteiger partial charge in [-0.3, -0.25) is 0 Å². The molecule has 0 saturated heterocycles. The van der Waals surface area contributed by atoms with E-state index in [2.05, 4.69) is 4.98 Å². The quantitative estimate of drug-likeness (QED) is 0.548. The minimum absolute atomic E-state index is 0. The van der Waals surface area contributed by atoms with Crippen LogP contribution >= 0.6 is 0 Å². The first-order chi connectivity index (χ1) is 7.24. The number of hydrogen-bond donors (Lipinski definition) is 0. The van der Waals surface area contributed by atoms with E-state index < -0.39 is 23.6 Å². The maximum absolute atomic E-state index is 12.7. The van der Waals surface area contributed by atoms with Gasteiger partial charge in [-0.05, 0) is 0 Å². The molecule has 1 aromatic rings. The number of rotatable bonds is 1. The molecule has 86 valence electrons. The molecule has 0 unspecified atom stereocenters. The molecule has 0 fully saturated rings. The Morgan fingerprint density at radius 3 is 2.00 bits per heavy atom. The third-order valence-corrected chi connectivity index (χ3v) is 1.59. The van der Waals surface area contributed by atoms with Crippen LogP contribution in [0.25, 0.3) is 0 Å². The van der Waals surface area contributed by atoms with Crippen molar-refractivity contribution in [2.24, 2.45) is 0 Å². The van der Waals surface area contributed by atoms with Crippen molar-refractivity contribution in [3.05, 3.63) is 17.7 Å². The molecule has 10 heteroatoms. The summed E-state index contributed by atoms with van der Waals surface area (Å²) in [5.41, 5.74) is -1.68. The predicted octanol–water partition coefficient (Wildman–Crippen LogP) is 1.09. The summed E-state index contributed by atoms with van der Waals surface area (Å²) in [7, 11) is 0. The molecule has 0 amide bonds. The maximum atomic E-state index is 12.7. The number of halogens is 5. The Morgan fingerprint density at radius 1 is 1.18 bits per heavy atom. The van der Waals surface area contributed by atoms with Gasteiger partial charge in [0.15, 0.2) is 6.19 Å². The molecule has 1 aromatic heterocycles. The summed E-state index contributed by atoms with van der Waals surface area (Å²) in [6.45, 7) is 0. The van der Waals surface area contributed by atoms with Crippen molar-refractivity contribution >= 4 is 18.9 Å². The Morgan fingerprint density at radius 2 is 1.71 bits per heavy atom. The molecule has 1 heterocycles.